The summed E-state index contributed by atoms with van der Waals surface area (Å²) < 4.78 is 1.81. The Morgan fingerprint density at radius 2 is 2.17 bits per heavy atom. The number of rotatable bonds is 3. The summed E-state index contributed by atoms with van der Waals surface area (Å²) in [6.07, 6.45) is 7.43. The molecule has 1 N–H and O–H groups in total. The van der Waals surface area contributed by atoms with Crippen LogP contribution in [0.15, 0.2) is 17.2 Å². The molecule has 0 spiro atoms. The van der Waals surface area contributed by atoms with Gasteiger partial charge in [-0.25, -0.2) is 5.43 Å². The molecule has 0 saturated heterocycles. The standard InChI is InChI=1S/C18H20N4OS/c1-12-14(8-15(10-19)22(12)2)11-20-21-18(23)17-9-13-6-4-3-5-7-16(13)24-17/h8-9,11H,3-7H2,1-2H3,(H,21,23)/b20-11-. The van der Waals surface area contributed by atoms with E-state index in [0.717, 1.165) is 29.0 Å². The van der Waals surface area contributed by atoms with E-state index in [4.69, 9.17) is 5.26 Å². The summed E-state index contributed by atoms with van der Waals surface area (Å²) in [5.41, 5.74) is 6.26. The van der Waals surface area contributed by atoms with Gasteiger partial charge in [-0.15, -0.1) is 11.3 Å². The number of aryl methyl sites for hydroxylation is 2. The van der Waals surface area contributed by atoms with Crippen LogP contribution in [0, 0.1) is 18.3 Å². The van der Waals surface area contributed by atoms with Crippen LogP contribution >= 0.6 is 11.3 Å². The van der Waals surface area contributed by atoms with Crippen LogP contribution in [0.1, 0.15) is 56.3 Å². The molecule has 124 valence electrons. The molecule has 0 saturated carbocycles. The minimum atomic E-state index is -0.168. The van der Waals surface area contributed by atoms with Crippen molar-refractivity contribution < 1.29 is 4.79 Å². The lowest BCUT2D eigenvalue weighted by Crippen LogP contribution is -2.16. The number of hydrazone groups is 1. The molecule has 6 heteroatoms. The van der Waals surface area contributed by atoms with Gasteiger partial charge in [0.15, 0.2) is 0 Å². The van der Waals surface area contributed by atoms with E-state index in [1.54, 1.807) is 28.2 Å². The van der Waals surface area contributed by atoms with Crippen LogP contribution < -0.4 is 5.43 Å². The Hall–Kier alpha value is -2.39. The van der Waals surface area contributed by atoms with Crippen LogP contribution in [0.3, 0.4) is 0 Å². The predicted molar refractivity (Wildman–Crippen MR) is 95.5 cm³/mol. The molecule has 2 heterocycles. The van der Waals surface area contributed by atoms with E-state index >= 15 is 0 Å². The predicted octanol–water partition coefficient (Wildman–Crippen LogP) is 3.30. The first kappa shape index (κ1) is 16.5. The van der Waals surface area contributed by atoms with Gasteiger partial charge in [0.05, 0.1) is 11.1 Å². The van der Waals surface area contributed by atoms with Crippen molar-refractivity contribution in [2.24, 2.45) is 12.1 Å². The van der Waals surface area contributed by atoms with E-state index < -0.39 is 0 Å². The molecule has 0 bridgehead atoms. The molecule has 0 atom stereocenters. The Kier molecular flexibility index (Phi) is 4.81. The molecule has 1 aliphatic carbocycles. The molecule has 0 aliphatic heterocycles. The Morgan fingerprint density at radius 3 is 2.92 bits per heavy atom. The van der Waals surface area contributed by atoms with E-state index in [1.807, 2.05) is 20.0 Å². The molecule has 0 unspecified atom stereocenters. The zero-order valence-corrected chi connectivity index (χ0v) is 14.7. The Morgan fingerprint density at radius 1 is 1.38 bits per heavy atom. The maximum Gasteiger partial charge on any atom is 0.281 e. The SMILES string of the molecule is Cc1c(/C=N\NC(=O)c2cc3c(s2)CCCCC3)cc(C#N)n1C. The maximum absolute atomic E-state index is 12.3. The second kappa shape index (κ2) is 7.02. The third-order valence-corrected chi connectivity index (χ3v) is 5.76. The lowest BCUT2D eigenvalue weighted by molar-refractivity contribution is 0.0959. The summed E-state index contributed by atoms with van der Waals surface area (Å²) in [4.78, 5) is 14.4. The number of amides is 1. The number of carbonyl (C=O) groups is 1. The second-order valence-electron chi connectivity index (χ2n) is 6.06. The highest BCUT2D eigenvalue weighted by Gasteiger charge is 2.16. The molecule has 0 radical (unpaired) electrons. The normalized spacial score (nSPS) is 14.2. The number of nitrogens with zero attached hydrogens (tertiary/aromatic N) is 3. The summed E-state index contributed by atoms with van der Waals surface area (Å²) in [5.74, 6) is -0.168. The van der Waals surface area contributed by atoms with Crippen LogP contribution in [-0.4, -0.2) is 16.7 Å². The van der Waals surface area contributed by atoms with Crippen LogP contribution in [0.5, 0.6) is 0 Å². The van der Waals surface area contributed by atoms with E-state index in [1.165, 1.54) is 29.7 Å². The van der Waals surface area contributed by atoms with Gasteiger partial charge in [-0.3, -0.25) is 4.79 Å². The van der Waals surface area contributed by atoms with Gasteiger partial charge in [-0.2, -0.15) is 10.4 Å². The number of hydrogen-bond donors (Lipinski definition) is 1. The molecule has 0 fully saturated rings. The zero-order chi connectivity index (χ0) is 17.1. The van der Waals surface area contributed by atoms with E-state index in [2.05, 4.69) is 16.6 Å². The molecule has 2 aromatic rings. The van der Waals surface area contributed by atoms with Gasteiger partial charge < -0.3 is 4.57 Å². The molecular formula is C18H20N4OS. The van der Waals surface area contributed by atoms with Crippen molar-refractivity contribution in [2.75, 3.05) is 0 Å². The van der Waals surface area contributed by atoms with Crippen LogP contribution in [0.25, 0.3) is 0 Å². The molecule has 24 heavy (non-hydrogen) atoms. The van der Waals surface area contributed by atoms with Gasteiger partial charge in [0, 0.05) is 23.2 Å². The van der Waals surface area contributed by atoms with E-state index in [9.17, 15) is 4.79 Å². The molecule has 1 amide bonds. The topological polar surface area (TPSA) is 70.2 Å². The van der Waals surface area contributed by atoms with Gasteiger partial charge in [0.25, 0.3) is 5.91 Å². The molecule has 2 aromatic heterocycles. The number of hydrogen-bond acceptors (Lipinski definition) is 4. The maximum atomic E-state index is 12.3. The average molecular weight is 340 g/mol. The molecule has 0 aromatic carbocycles. The number of nitrogens with one attached hydrogen (secondary N) is 1. The quantitative estimate of drug-likeness (QED) is 0.529. The van der Waals surface area contributed by atoms with Crippen molar-refractivity contribution in [2.45, 2.75) is 39.0 Å². The largest absolute Gasteiger partial charge is 0.339 e. The summed E-state index contributed by atoms with van der Waals surface area (Å²) >= 11 is 1.58. The highest BCUT2D eigenvalue weighted by Crippen LogP contribution is 2.28. The van der Waals surface area contributed by atoms with Crippen LogP contribution in [0.2, 0.25) is 0 Å². The molecular weight excluding hydrogens is 320 g/mol. The average Bonchev–Trinajstić information content (AvgIpc) is 3.02. The first-order valence-corrected chi connectivity index (χ1v) is 8.93. The third-order valence-electron chi connectivity index (χ3n) is 4.53. The van der Waals surface area contributed by atoms with Gasteiger partial charge in [-0.05, 0) is 50.3 Å². The van der Waals surface area contributed by atoms with Gasteiger partial charge in [0.2, 0.25) is 0 Å². The fourth-order valence-electron chi connectivity index (χ4n) is 2.96. The van der Waals surface area contributed by atoms with Gasteiger partial charge in [0.1, 0.15) is 11.8 Å². The molecule has 1 aliphatic rings. The summed E-state index contributed by atoms with van der Waals surface area (Å²) in [6.45, 7) is 1.92. The summed E-state index contributed by atoms with van der Waals surface area (Å²) in [6, 6.07) is 5.90. The smallest absolute Gasteiger partial charge is 0.281 e. The summed E-state index contributed by atoms with van der Waals surface area (Å²) in [5, 5.41) is 13.1. The highest BCUT2D eigenvalue weighted by atomic mass is 32.1. The fraction of sp³-hybridized carbons (Fsp3) is 0.389. The second-order valence-corrected chi connectivity index (χ2v) is 7.20. The van der Waals surface area contributed by atoms with Gasteiger partial charge in [-0.1, -0.05) is 6.42 Å². The van der Waals surface area contributed by atoms with Crippen LogP contribution in [0.4, 0.5) is 0 Å². The lowest BCUT2D eigenvalue weighted by Gasteiger charge is -1.98. The molecule has 3 rings (SSSR count). The number of aromatic nitrogens is 1. The fourth-order valence-corrected chi connectivity index (χ4v) is 4.10. The Bertz CT molecular complexity index is 815. The van der Waals surface area contributed by atoms with E-state index in [0.29, 0.717) is 5.69 Å². The lowest BCUT2D eigenvalue weighted by atomic mass is 10.1. The van der Waals surface area contributed by atoms with Crippen molar-refractivity contribution in [3.63, 3.8) is 0 Å². The minimum absolute atomic E-state index is 0.168. The zero-order valence-electron chi connectivity index (χ0n) is 13.9. The minimum Gasteiger partial charge on any atom is -0.339 e. The first-order valence-electron chi connectivity index (χ1n) is 8.11. The third kappa shape index (κ3) is 3.26. The first-order chi connectivity index (χ1) is 11.6. The monoisotopic (exact) mass is 340 g/mol. The van der Waals surface area contributed by atoms with Crippen molar-refractivity contribution in [3.8, 4) is 6.07 Å². The number of carbonyl (C=O) groups excluding carboxylic acids is 1. The Balaban J connectivity index is 1.69. The highest BCUT2D eigenvalue weighted by molar-refractivity contribution is 7.14. The Labute approximate surface area is 145 Å². The van der Waals surface area contributed by atoms with Crippen molar-refractivity contribution in [3.05, 3.63) is 44.4 Å². The van der Waals surface area contributed by atoms with E-state index in [-0.39, 0.29) is 5.91 Å². The van der Waals surface area contributed by atoms with Crippen LogP contribution in [-0.2, 0) is 19.9 Å². The van der Waals surface area contributed by atoms with Crippen molar-refractivity contribution in [1.82, 2.24) is 9.99 Å². The number of nitriles is 1. The van der Waals surface area contributed by atoms with Crippen molar-refractivity contribution in [1.29, 1.82) is 5.26 Å². The number of thiophene rings is 1. The molecule has 5 nitrogen and oxygen atoms in total. The van der Waals surface area contributed by atoms with Crippen molar-refractivity contribution >= 4 is 23.5 Å². The number of fused-ring (bicyclic) bond motifs is 1. The summed E-state index contributed by atoms with van der Waals surface area (Å²) in [7, 11) is 1.84. The van der Waals surface area contributed by atoms with Gasteiger partial charge >= 0.3 is 0 Å².